The van der Waals surface area contributed by atoms with Gasteiger partial charge in [-0.2, -0.15) is 0 Å². The summed E-state index contributed by atoms with van der Waals surface area (Å²) >= 11 is 0. The molecule has 0 unspecified atom stereocenters. The summed E-state index contributed by atoms with van der Waals surface area (Å²) in [5, 5.41) is 5.44. The van der Waals surface area contributed by atoms with Gasteiger partial charge < -0.3 is 20.1 Å². The number of nitrogens with zero attached hydrogens (tertiary/aromatic N) is 1. The second-order valence-electron chi connectivity index (χ2n) is 6.68. The molecule has 0 spiro atoms. The van der Waals surface area contributed by atoms with Gasteiger partial charge in [0.2, 0.25) is 5.91 Å². The molecule has 1 saturated heterocycles. The molecule has 1 aromatic rings. The van der Waals surface area contributed by atoms with Gasteiger partial charge in [0.25, 0.3) is 5.91 Å². The van der Waals surface area contributed by atoms with Crippen molar-refractivity contribution < 1.29 is 23.9 Å². The fraction of sp³-hybridized carbons (Fsp3) is 0.500. The van der Waals surface area contributed by atoms with Crippen LogP contribution in [0.15, 0.2) is 18.2 Å². The largest absolute Gasteiger partial charge is 0.486 e. The van der Waals surface area contributed by atoms with Crippen molar-refractivity contribution in [2.75, 3.05) is 19.8 Å². The van der Waals surface area contributed by atoms with Crippen molar-refractivity contribution in [1.82, 2.24) is 15.5 Å². The maximum atomic E-state index is 12.9. The summed E-state index contributed by atoms with van der Waals surface area (Å²) in [7, 11) is 0. The number of carbonyl (C=O) groups is 3. The Morgan fingerprint density at radius 2 is 2.00 bits per heavy atom. The number of ether oxygens (including phenoxy) is 2. The predicted molar refractivity (Wildman–Crippen MR) is 92.9 cm³/mol. The maximum Gasteiger partial charge on any atom is 0.325 e. The van der Waals surface area contributed by atoms with Gasteiger partial charge in [-0.1, -0.05) is 13.0 Å². The van der Waals surface area contributed by atoms with Crippen molar-refractivity contribution >= 4 is 17.8 Å². The molecule has 1 aromatic carbocycles. The minimum absolute atomic E-state index is 0.0209. The Bertz CT molecular complexity index is 750. The number of hydrogen-bond donors (Lipinski definition) is 2. The van der Waals surface area contributed by atoms with Crippen LogP contribution in [0.2, 0.25) is 0 Å². The molecule has 26 heavy (non-hydrogen) atoms. The Morgan fingerprint density at radius 1 is 1.31 bits per heavy atom. The first-order valence-electron chi connectivity index (χ1n) is 8.68. The molecule has 2 aliphatic heterocycles. The summed E-state index contributed by atoms with van der Waals surface area (Å²) in [5.41, 5.74) is -0.686. The molecule has 0 aromatic heterocycles. The fourth-order valence-electron chi connectivity index (χ4n) is 2.96. The highest BCUT2D eigenvalue weighted by Gasteiger charge is 2.49. The van der Waals surface area contributed by atoms with Crippen LogP contribution in [0.1, 0.15) is 32.8 Å². The Hall–Kier alpha value is -2.77. The van der Waals surface area contributed by atoms with Crippen LogP contribution in [0, 0.1) is 0 Å². The van der Waals surface area contributed by atoms with E-state index in [1.807, 2.05) is 13.8 Å². The summed E-state index contributed by atoms with van der Waals surface area (Å²) in [6.45, 7) is 6.01. The lowest BCUT2D eigenvalue weighted by atomic mass is 9.91. The van der Waals surface area contributed by atoms with Crippen LogP contribution in [0.25, 0.3) is 0 Å². The zero-order valence-electron chi connectivity index (χ0n) is 15.1. The minimum Gasteiger partial charge on any atom is -0.486 e. The molecule has 2 atom stereocenters. The molecule has 0 bridgehead atoms. The SMILES string of the molecule is CC[C@@H](C)NC(=O)CN1C(=O)N[C@](C)(c2ccc3c(c2)OCCO3)C1=O. The standard InChI is InChI=1S/C18H23N3O5/c1-4-11(2)19-15(22)10-21-16(23)18(3,20-17(21)24)12-5-6-13-14(9-12)26-8-7-25-13/h5-6,9,11H,4,7-8,10H2,1-3H3,(H,19,22)(H,20,24)/t11-,18-/m1/s1. The number of amides is 4. The van der Waals surface area contributed by atoms with Crippen LogP contribution in [-0.4, -0.2) is 48.5 Å². The average Bonchev–Trinajstić information content (AvgIpc) is 2.85. The Morgan fingerprint density at radius 3 is 2.69 bits per heavy atom. The first-order chi connectivity index (χ1) is 12.3. The maximum absolute atomic E-state index is 12.9. The highest BCUT2D eigenvalue weighted by Crippen LogP contribution is 2.36. The molecule has 3 rings (SSSR count). The number of rotatable bonds is 5. The average molecular weight is 361 g/mol. The summed E-state index contributed by atoms with van der Waals surface area (Å²) in [5.74, 6) is 0.294. The van der Waals surface area contributed by atoms with Crippen LogP contribution in [0.3, 0.4) is 0 Å². The molecule has 0 saturated carbocycles. The molecule has 8 heteroatoms. The van der Waals surface area contributed by atoms with Crippen molar-refractivity contribution in [1.29, 1.82) is 0 Å². The summed E-state index contributed by atoms with van der Waals surface area (Å²) in [4.78, 5) is 38.2. The van der Waals surface area contributed by atoms with E-state index in [0.717, 1.165) is 11.3 Å². The molecule has 140 valence electrons. The number of fused-ring (bicyclic) bond motifs is 1. The lowest BCUT2D eigenvalue weighted by Crippen LogP contribution is -2.44. The number of nitrogens with one attached hydrogen (secondary N) is 2. The highest BCUT2D eigenvalue weighted by atomic mass is 16.6. The van der Waals surface area contributed by atoms with E-state index in [4.69, 9.17) is 9.47 Å². The minimum atomic E-state index is -1.26. The smallest absolute Gasteiger partial charge is 0.325 e. The summed E-state index contributed by atoms with van der Waals surface area (Å²) < 4.78 is 11.0. The van der Waals surface area contributed by atoms with Crippen LogP contribution < -0.4 is 20.1 Å². The zero-order chi connectivity index (χ0) is 18.9. The third kappa shape index (κ3) is 3.18. The van der Waals surface area contributed by atoms with Gasteiger partial charge in [-0.25, -0.2) is 4.79 Å². The normalized spacial score (nSPS) is 22.8. The lowest BCUT2D eigenvalue weighted by Gasteiger charge is -2.25. The molecular weight excluding hydrogens is 338 g/mol. The van der Waals surface area contributed by atoms with E-state index in [-0.39, 0.29) is 18.5 Å². The van der Waals surface area contributed by atoms with E-state index in [2.05, 4.69) is 10.6 Å². The number of urea groups is 1. The second kappa shape index (κ2) is 6.86. The van der Waals surface area contributed by atoms with Gasteiger partial charge in [-0.15, -0.1) is 0 Å². The topological polar surface area (TPSA) is 97.0 Å². The van der Waals surface area contributed by atoms with Crippen LogP contribution in [-0.2, 0) is 15.1 Å². The van der Waals surface area contributed by atoms with Gasteiger partial charge in [-0.3, -0.25) is 14.5 Å². The van der Waals surface area contributed by atoms with Gasteiger partial charge in [-0.05, 0) is 38.0 Å². The van der Waals surface area contributed by atoms with Crippen molar-refractivity contribution in [3.8, 4) is 11.5 Å². The van der Waals surface area contributed by atoms with Gasteiger partial charge in [0.05, 0.1) is 0 Å². The van der Waals surface area contributed by atoms with Crippen LogP contribution in [0.4, 0.5) is 4.79 Å². The zero-order valence-corrected chi connectivity index (χ0v) is 15.1. The lowest BCUT2D eigenvalue weighted by molar-refractivity contribution is -0.135. The predicted octanol–water partition coefficient (Wildman–Crippen LogP) is 1.14. The Labute approximate surface area is 151 Å². The Balaban J connectivity index is 1.80. The van der Waals surface area contributed by atoms with Crippen molar-refractivity contribution in [2.24, 2.45) is 0 Å². The molecule has 0 aliphatic carbocycles. The van der Waals surface area contributed by atoms with Gasteiger partial charge in [0.1, 0.15) is 25.3 Å². The fourth-order valence-corrected chi connectivity index (χ4v) is 2.96. The van der Waals surface area contributed by atoms with Crippen molar-refractivity contribution in [2.45, 2.75) is 38.8 Å². The third-order valence-corrected chi connectivity index (χ3v) is 4.72. The quantitative estimate of drug-likeness (QED) is 0.767. The van der Waals surface area contributed by atoms with E-state index < -0.39 is 17.5 Å². The molecular formula is C18H23N3O5. The van der Waals surface area contributed by atoms with Crippen molar-refractivity contribution in [3.05, 3.63) is 23.8 Å². The molecule has 8 nitrogen and oxygen atoms in total. The monoisotopic (exact) mass is 361 g/mol. The van der Waals surface area contributed by atoms with Gasteiger partial charge >= 0.3 is 6.03 Å². The van der Waals surface area contributed by atoms with Crippen LogP contribution in [0.5, 0.6) is 11.5 Å². The molecule has 2 N–H and O–H groups in total. The number of hydrogen-bond acceptors (Lipinski definition) is 5. The molecule has 0 radical (unpaired) electrons. The van der Waals surface area contributed by atoms with Gasteiger partial charge in [0.15, 0.2) is 11.5 Å². The number of carbonyl (C=O) groups excluding carboxylic acids is 3. The van der Waals surface area contributed by atoms with Gasteiger partial charge in [0, 0.05) is 6.04 Å². The first-order valence-corrected chi connectivity index (χ1v) is 8.68. The molecule has 2 aliphatic rings. The van der Waals surface area contributed by atoms with E-state index in [9.17, 15) is 14.4 Å². The van der Waals surface area contributed by atoms with E-state index in [1.165, 1.54) is 0 Å². The third-order valence-electron chi connectivity index (χ3n) is 4.72. The highest BCUT2D eigenvalue weighted by molar-refractivity contribution is 6.09. The van der Waals surface area contributed by atoms with Crippen molar-refractivity contribution in [3.63, 3.8) is 0 Å². The summed E-state index contributed by atoms with van der Waals surface area (Å²) in [6, 6.07) is 4.51. The molecule has 2 heterocycles. The first kappa shape index (κ1) is 18.0. The Kier molecular flexibility index (Phi) is 4.76. The summed E-state index contributed by atoms with van der Waals surface area (Å²) in [6.07, 6.45) is 0.765. The van der Waals surface area contributed by atoms with E-state index in [1.54, 1.807) is 25.1 Å². The number of benzene rings is 1. The van der Waals surface area contributed by atoms with E-state index >= 15 is 0 Å². The van der Waals surface area contributed by atoms with Crippen LogP contribution >= 0.6 is 0 Å². The molecule has 1 fully saturated rings. The second-order valence-corrected chi connectivity index (χ2v) is 6.68. The number of imide groups is 1. The molecule has 4 amide bonds. The van der Waals surface area contributed by atoms with E-state index in [0.29, 0.717) is 30.3 Å².